The Morgan fingerprint density at radius 3 is 2.44 bits per heavy atom. The molecule has 8 heteroatoms. The summed E-state index contributed by atoms with van der Waals surface area (Å²) in [6.07, 6.45) is 1.67. The SMILES string of the molecule is O=c1oc2ccc(Nc3nc(Nc4ccn[nH]4)c4ccccc4n3)cc2c2ccccc12. The molecule has 3 heterocycles. The Hall–Kier alpha value is -4.72. The molecule has 3 aromatic heterocycles. The van der Waals surface area contributed by atoms with E-state index in [1.807, 2.05) is 60.7 Å². The van der Waals surface area contributed by atoms with Gasteiger partial charge in [-0.05, 0) is 41.8 Å². The van der Waals surface area contributed by atoms with Gasteiger partial charge in [0, 0.05) is 22.5 Å². The number of fused-ring (bicyclic) bond motifs is 4. The molecule has 6 aromatic rings. The number of nitrogens with one attached hydrogen (secondary N) is 3. The number of para-hydroxylation sites is 1. The number of aromatic nitrogens is 4. The predicted molar refractivity (Wildman–Crippen MR) is 125 cm³/mol. The minimum absolute atomic E-state index is 0.346. The highest BCUT2D eigenvalue weighted by molar-refractivity contribution is 6.05. The van der Waals surface area contributed by atoms with Gasteiger partial charge in [-0.25, -0.2) is 9.78 Å². The van der Waals surface area contributed by atoms with Crippen molar-refractivity contribution in [1.29, 1.82) is 0 Å². The van der Waals surface area contributed by atoms with Crippen LogP contribution in [0.25, 0.3) is 32.6 Å². The lowest BCUT2D eigenvalue weighted by molar-refractivity contribution is 0.570. The van der Waals surface area contributed by atoms with Crippen molar-refractivity contribution in [2.45, 2.75) is 0 Å². The number of anilines is 4. The molecule has 0 atom stereocenters. The third-order valence-electron chi connectivity index (χ3n) is 5.23. The number of H-pyrrole nitrogens is 1. The molecule has 32 heavy (non-hydrogen) atoms. The van der Waals surface area contributed by atoms with Crippen LogP contribution in [0.4, 0.5) is 23.3 Å². The Morgan fingerprint density at radius 2 is 1.59 bits per heavy atom. The second kappa shape index (κ2) is 7.21. The molecule has 0 saturated carbocycles. The number of nitrogens with zero attached hydrogens (tertiary/aromatic N) is 3. The monoisotopic (exact) mass is 420 g/mol. The Bertz CT molecular complexity index is 1660. The number of hydrogen-bond acceptors (Lipinski definition) is 7. The summed E-state index contributed by atoms with van der Waals surface area (Å²) in [5.41, 5.74) is 1.75. The maximum Gasteiger partial charge on any atom is 0.344 e. The quantitative estimate of drug-likeness (QED) is 0.269. The predicted octanol–water partition coefficient (Wildman–Crippen LogP) is 5.10. The molecule has 0 amide bonds. The highest BCUT2D eigenvalue weighted by atomic mass is 16.4. The lowest BCUT2D eigenvalue weighted by Gasteiger charge is -2.11. The van der Waals surface area contributed by atoms with Gasteiger partial charge in [0.1, 0.15) is 17.2 Å². The second-order valence-corrected chi connectivity index (χ2v) is 7.28. The van der Waals surface area contributed by atoms with Crippen LogP contribution in [0.15, 0.2) is 88.2 Å². The van der Waals surface area contributed by atoms with E-state index in [1.54, 1.807) is 18.3 Å². The molecule has 154 valence electrons. The van der Waals surface area contributed by atoms with Gasteiger partial charge in [-0.2, -0.15) is 10.1 Å². The van der Waals surface area contributed by atoms with Gasteiger partial charge < -0.3 is 15.1 Å². The summed E-state index contributed by atoms with van der Waals surface area (Å²) in [7, 11) is 0. The molecule has 0 unspecified atom stereocenters. The Balaban J connectivity index is 1.45. The summed E-state index contributed by atoms with van der Waals surface area (Å²) in [6.45, 7) is 0. The first kappa shape index (κ1) is 18.1. The average molecular weight is 420 g/mol. The highest BCUT2D eigenvalue weighted by Gasteiger charge is 2.11. The average Bonchev–Trinajstić information content (AvgIpc) is 3.33. The zero-order valence-corrected chi connectivity index (χ0v) is 16.7. The van der Waals surface area contributed by atoms with Crippen LogP contribution in [0.2, 0.25) is 0 Å². The van der Waals surface area contributed by atoms with Crippen LogP contribution in [0.1, 0.15) is 0 Å². The molecule has 0 bridgehead atoms. The topological polar surface area (TPSA) is 109 Å². The summed E-state index contributed by atoms with van der Waals surface area (Å²) in [5.74, 6) is 1.82. The Morgan fingerprint density at radius 1 is 0.781 bits per heavy atom. The normalized spacial score (nSPS) is 11.2. The summed E-state index contributed by atoms with van der Waals surface area (Å²) in [6, 6.07) is 22.5. The molecule has 6 rings (SSSR count). The minimum atomic E-state index is -0.346. The zero-order chi connectivity index (χ0) is 21.5. The van der Waals surface area contributed by atoms with Gasteiger partial charge in [-0.3, -0.25) is 5.10 Å². The summed E-state index contributed by atoms with van der Waals surface area (Å²) < 4.78 is 5.48. The Labute approximate surface area is 180 Å². The molecular weight excluding hydrogens is 404 g/mol. The molecule has 8 nitrogen and oxygen atoms in total. The largest absolute Gasteiger partial charge is 0.422 e. The van der Waals surface area contributed by atoms with E-state index < -0.39 is 0 Å². The van der Waals surface area contributed by atoms with Crippen molar-refractivity contribution < 1.29 is 4.42 Å². The van der Waals surface area contributed by atoms with Crippen LogP contribution in [0.5, 0.6) is 0 Å². The fraction of sp³-hybridized carbons (Fsp3) is 0. The van der Waals surface area contributed by atoms with Gasteiger partial charge in [-0.1, -0.05) is 30.3 Å². The third-order valence-corrected chi connectivity index (χ3v) is 5.23. The van der Waals surface area contributed by atoms with E-state index in [9.17, 15) is 4.79 Å². The van der Waals surface area contributed by atoms with Crippen LogP contribution in [0, 0.1) is 0 Å². The minimum Gasteiger partial charge on any atom is -0.422 e. The van der Waals surface area contributed by atoms with E-state index in [2.05, 4.69) is 30.8 Å². The summed E-state index contributed by atoms with van der Waals surface area (Å²) in [5, 5.41) is 16.5. The van der Waals surface area contributed by atoms with Gasteiger partial charge in [0.2, 0.25) is 5.95 Å². The molecule has 0 aliphatic heterocycles. The fourth-order valence-corrected chi connectivity index (χ4v) is 3.77. The van der Waals surface area contributed by atoms with E-state index >= 15 is 0 Å². The number of benzene rings is 3. The molecule has 0 saturated heterocycles. The van der Waals surface area contributed by atoms with Crippen LogP contribution in [-0.4, -0.2) is 20.2 Å². The third kappa shape index (κ3) is 3.10. The number of rotatable bonds is 4. The van der Waals surface area contributed by atoms with Gasteiger partial charge in [-0.15, -0.1) is 0 Å². The molecule has 0 aliphatic rings. The van der Waals surface area contributed by atoms with E-state index in [0.717, 1.165) is 33.2 Å². The van der Waals surface area contributed by atoms with Crippen molar-refractivity contribution in [3.05, 3.63) is 89.4 Å². The van der Waals surface area contributed by atoms with E-state index in [0.29, 0.717) is 22.7 Å². The van der Waals surface area contributed by atoms with E-state index in [1.165, 1.54) is 0 Å². The Kier molecular flexibility index (Phi) is 4.07. The lowest BCUT2D eigenvalue weighted by Crippen LogP contribution is -2.03. The maximum absolute atomic E-state index is 12.2. The molecule has 0 radical (unpaired) electrons. The van der Waals surface area contributed by atoms with Crippen LogP contribution in [0.3, 0.4) is 0 Å². The maximum atomic E-state index is 12.2. The van der Waals surface area contributed by atoms with Crippen molar-refractivity contribution >= 4 is 55.9 Å². The van der Waals surface area contributed by atoms with E-state index in [-0.39, 0.29) is 5.63 Å². The molecule has 0 spiro atoms. The first-order valence-corrected chi connectivity index (χ1v) is 10.0. The van der Waals surface area contributed by atoms with Crippen LogP contribution < -0.4 is 16.3 Å². The molecule has 3 N–H and O–H groups in total. The molecule has 0 fully saturated rings. The summed E-state index contributed by atoms with van der Waals surface area (Å²) in [4.78, 5) is 21.6. The van der Waals surface area contributed by atoms with Crippen LogP contribution >= 0.6 is 0 Å². The van der Waals surface area contributed by atoms with E-state index in [4.69, 9.17) is 4.42 Å². The highest BCUT2D eigenvalue weighted by Crippen LogP contribution is 2.29. The van der Waals surface area contributed by atoms with Gasteiger partial charge >= 0.3 is 5.63 Å². The van der Waals surface area contributed by atoms with Gasteiger partial charge in [0.15, 0.2) is 0 Å². The molecule has 0 aliphatic carbocycles. The first-order chi connectivity index (χ1) is 15.7. The van der Waals surface area contributed by atoms with Crippen molar-refractivity contribution in [3.8, 4) is 0 Å². The lowest BCUT2D eigenvalue weighted by atomic mass is 10.1. The van der Waals surface area contributed by atoms with Crippen molar-refractivity contribution in [2.24, 2.45) is 0 Å². The number of hydrogen-bond donors (Lipinski definition) is 3. The number of aromatic amines is 1. The fourth-order valence-electron chi connectivity index (χ4n) is 3.77. The zero-order valence-electron chi connectivity index (χ0n) is 16.7. The van der Waals surface area contributed by atoms with Crippen LogP contribution in [-0.2, 0) is 0 Å². The standard InChI is InChI=1S/C24H16N6O2/c31-23-16-6-2-1-5-15(16)18-13-14(9-10-20(18)32-23)26-24-27-19-8-4-3-7-17(19)22(29-24)28-21-11-12-25-30-21/h1-13H,(H3,25,26,27,28,29,30). The second-order valence-electron chi connectivity index (χ2n) is 7.28. The molecular formula is C24H16N6O2. The molecule has 3 aromatic carbocycles. The smallest absolute Gasteiger partial charge is 0.344 e. The van der Waals surface area contributed by atoms with Gasteiger partial charge in [0.25, 0.3) is 0 Å². The summed E-state index contributed by atoms with van der Waals surface area (Å²) >= 11 is 0. The first-order valence-electron chi connectivity index (χ1n) is 10.0. The van der Waals surface area contributed by atoms with Crippen molar-refractivity contribution in [1.82, 2.24) is 20.2 Å². The van der Waals surface area contributed by atoms with Crippen molar-refractivity contribution in [2.75, 3.05) is 10.6 Å². The van der Waals surface area contributed by atoms with Crippen molar-refractivity contribution in [3.63, 3.8) is 0 Å². The van der Waals surface area contributed by atoms with Gasteiger partial charge in [0.05, 0.1) is 17.1 Å².